The van der Waals surface area contributed by atoms with E-state index >= 15 is 0 Å². The summed E-state index contributed by atoms with van der Waals surface area (Å²) < 4.78 is 5.75. The maximum Gasteiger partial charge on any atom is 0.0799 e. The molecule has 2 atom stereocenters. The normalized spacial score (nSPS) is 14.3. The van der Waals surface area contributed by atoms with Gasteiger partial charge in [0.15, 0.2) is 0 Å². The summed E-state index contributed by atoms with van der Waals surface area (Å²) in [5.41, 5.74) is 0.00200. The molecule has 2 N–H and O–H groups in total. The van der Waals surface area contributed by atoms with E-state index in [9.17, 15) is 10.2 Å². The number of aliphatic hydroxyl groups is 2. The van der Waals surface area contributed by atoms with Gasteiger partial charge in [0.2, 0.25) is 0 Å². The largest absolute Gasteiger partial charge is 0.390 e. The van der Waals surface area contributed by atoms with Gasteiger partial charge in [-0.05, 0) is 40.0 Å². The Morgan fingerprint density at radius 1 is 0.552 bits per heavy atom. The van der Waals surface area contributed by atoms with Gasteiger partial charge in [0, 0.05) is 6.61 Å². The van der Waals surface area contributed by atoms with Gasteiger partial charge in [-0.15, -0.1) is 0 Å². The van der Waals surface area contributed by atoms with Crippen LogP contribution in [0.3, 0.4) is 0 Å². The van der Waals surface area contributed by atoms with E-state index in [-0.39, 0.29) is 5.60 Å². The van der Waals surface area contributed by atoms with Crippen LogP contribution >= 0.6 is 0 Å². The molecule has 3 heteroatoms. The molecule has 0 saturated heterocycles. The molecule has 2 unspecified atom stereocenters. The molecular formula is C26H54O3. The van der Waals surface area contributed by atoms with Gasteiger partial charge in [0.1, 0.15) is 0 Å². The molecule has 0 radical (unpaired) electrons. The molecule has 0 aromatic rings. The molecule has 29 heavy (non-hydrogen) atoms. The second kappa shape index (κ2) is 19.8. The maximum absolute atomic E-state index is 10.1. The Bertz CT molecular complexity index is 324. The molecule has 0 spiro atoms. The smallest absolute Gasteiger partial charge is 0.0799 e. The molecule has 0 aliphatic carbocycles. The first-order chi connectivity index (χ1) is 13.9. The van der Waals surface area contributed by atoms with Gasteiger partial charge < -0.3 is 14.9 Å². The number of hydrogen-bond acceptors (Lipinski definition) is 3. The summed E-state index contributed by atoms with van der Waals surface area (Å²) >= 11 is 0. The molecule has 0 aromatic carbocycles. The van der Waals surface area contributed by atoms with Crippen LogP contribution < -0.4 is 0 Å². The predicted molar refractivity (Wildman–Crippen MR) is 126 cm³/mol. The minimum absolute atomic E-state index is 0.00200. The van der Waals surface area contributed by atoms with Crippen molar-refractivity contribution < 1.29 is 14.9 Å². The van der Waals surface area contributed by atoms with E-state index in [0.717, 1.165) is 32.3 Å². The van der Waals surface area contributed by atoms with Crippen molar-refractivity contribution in [1.29, 1.82) is 0 Å². The van der Waals surface area contributed by atoms with Gasteiger partial charge >= 0.3 is 0 Å². The maximum atomic E-state index is 10.1. The number of unbranched alkanes of at least 4 members (excludes halogenated alkanes) is 14. The summed E-state index contributed by atoms with van der Waals surface area (Å²) in [7, 11) is 0. The zero-order chi connectivity index (χ0) is 21.8. The Kier molecular flexibility index (Phi) is 19.7. The van der Waals surface area contributed by atoms with Crippen LogP contribution in [0.2, 0.25) is 0 Å². The molecule has 0 bridgehead atoms. The van der Waals surface area contributed by atoms with Crippen molar-refractivity contribution in [2.75, 3.05) is 6.61 Å². The van der Waals surface area contributed by atoms with E-state index in [4.69, 9.17) is 4.74 Å². The molecule has 0 aromatic heterocycles. The van der Waals surface area contributed by atoms with Gasteiger partial charge in [-0.2, -0.15) is 0 Å². The van der Waals surface area contributed by atoms with Crippen molar-refractivity contribution in [2.24, 2.45) is 0 Å². The SMILES string of the molecule is CCCCCCCCC(O)C(O)CCCCCCCCCCCCOC(C)(C)C. The fraction of sp³-hybridized carbons (Fsp3) is 1.00. The molecule has 176 valence electrons. The first kappa shape index (κ1) is 28.9. The summed E-state index contributed by atoms with van der Waals surface area (Å²) in [6.45, 7) is 9.47. The first-order valence-corrected chi connectivity index (χ1v) is 12.9. The van der Waals surface area contributed by atoms with Crippen LogP contribution in [-0.4, -0.2) is 34.6 Å². The second-order valence-electron chi connectivity index (χ2n) is 9.98. The lowest BCUT2D eigenvalue weighted by Crippen LogP contribution is -2.25. The van der Waals surface area contributed by atoms with E-state index < -0.39 is 12.2 Å². The third-order valence-corrected chi connectivity index (χ3v) is 5.73. The Hall–Kier alpha value is -0.120. The predicted octanol–water partition coefficient (Wildman–Crippen LogP) is 7.57. The zero-order valence-electron chi connectivity index (χ0n) is 20.4. The monoisotopic (exact) mass is 414 g/mol. The van der Waals surface area contributed by atoms with Gasteiger partial charge in [-0.3, -0.25) is 0 Å². The van der Waals surface area contributed by atoms with Gasteiger partial charge in [0.05, 0.1) is 17.8 Å². The zero-order valence-corrected chi connectivity index (χ0v) is 20.4. The lowest BCUT2D eigenvalue weighted by atomic mass is 9.99. The quantitative estimate of drug-likeness (QED) is 0.190. The van der Waals surface area contributed by atoms with E-state index in [1.54, 1.807) is 0 Å². The average Bonchev–Trinajstić information content (AvgIpc) is 2.66. The van der Waals surface area contributed by atoms with Gasteiger partial charge in [-0.25, -0.2) is 0 Å². The second-order valence-corrected chi connectivity index (χ2v) is 9.98. The highest BCUT2D eigenvalue weighted by molar-refractivity contribution is 4.67. The lowest BCUT2D eigenvalue weighted by Gasteiger charge is -2.19. The van der Waals surface area contributed by atoms with Crippen LogP contribution in [0.15, 0.2) is 0 Å². The third-order valence-electron chi connectivity index (χ3n) is 5.73. The summed E-state index contributed by atoms with van der Waals surface area (Å²) in [6, 6.07) is 0. The average molecular weight is 415 g/mol. The summed E-state index contributed by atoms with van der Waals surface area (Å²) in [6.07, 6.45) is 20.5. The van der Waals surface area contributed by atoms with E-state index in [1.165, 1.54) is 89.9 Å². The minimum Gasteiger partial charge on any atom is -0.390 e. The van der Waals surface area contributed by atoms with Crippen molar-refractivity contribution in [2.45, 2.75) is 161 Å². The molecule has 0 fully saturated rings. The van der Waals surface area contributed by atoms with E-state index in [1.807, 2.05) is 0 Å². The van der Waals surface area contributed by atoms with Crippen LogP contribution in [0, 0.1) is 0 Å². The number of ether oxygens (including phenoxy) is 1. The van der Waals surface area contributed by atoms with Crippen molar-refractivity contribution in [1.82, 2.24) is 0 Å². The first-order valence-electron chi connectivity index (χ1n) is 12.9. The standard InChI is InChI=1S/C26H54O3/c1-5-6-7-8-15-18-21-24(27)25(28)22-19-16-13-11-9-10-12-14-17-20-23-29-26(2,3)4/h24-25,27-28H,5-23H2,1-4H3. The molecule has 0 amide bonds. The van der Waals surface area contributed by atoms with Crippen molar-refractivity contribution in [3.8, 4) is 0 Å². The Balaban J connectivity index is 3.30. The van der Waals surface area contributed by atoms with Crippen LogP contribution in [-0.2, 0) is 4.74 Å². The summed E-state index contributed by atoms with van der Waals surface area (Å²) in [5.74, 6) is 0. The Labute approximate surface area is 183 Å². The molecular weight excluding hydrogens is 360 g/mol. The Morgan fingerprint density at radius 2 is 0.897 bits per heavy atom. The molecule has 0 aliphatic heterocycles. The molecule has 0 rings (SSSR count). The van der Waals surface area contributed by atoms with Crippen LogP contribution in [0.25, 0.3) is 0 Å². The van der Waals surface area contributed by atoms with Crippen LogP contribution in [0.1, 0.15) is 143 Å². The van der Waals surface area contributed by atoms with Crippen LogP contribution in [0.5, 0.6) is 0 Å². The molecule has 0 heterocycles. The number of aliphatic hydroxyl groups excluding tert-OH is 2. The highest BCUT2D eigenvalue weighted by Crippen LogP contribution is 2.16. The molecule has 0 aliphatic rings. The van der Waals surface area contributed by atoms with Crippen molar-refractivity contribution in [3.63, 3.8) is 0 Å². The van der Waals surface area contributed by atoms with E-state index in [0.29, 0.717) is 0 Å². The minimum atomic E-state index is -0.520. The highest BCUT2D eigenvalue weighted by Gasteiger charge is 2.15. The van der Waals surface area contributed by atoms with E-state index in [2.05, 4.69) is 27.7 Å². The topological polar surface area (TPSA) is 49.7 Å². The fourth-order valence-corrected chi connectivity index (χ4v) is 3.77. The summed E-state index contributed by atoms with van der Waals surface area (Å²) in [4.78, 5) is 0. The molecule has 3 nitrogen and oxygen atoms in total. The third kappa shape index (κ3) is 22.4. The molecule has 0 saturated carbocycles. The van der Waals surface area contributed by atoms with Gasteiger partial charge in [0.25, 0.3) is 0 Å². The highest BCUT2D eigenvalue weighted by atomic mass is 16.5. The lowest BCUT2D eigenvalue weighted by molar-refractivity contribution is -0.00475. The van der Waals surface area contributed by atoms with Crippen LogP contribution in [0.4, 0.5) is 0 Å². The number of rotatable bonds is 21. The summed E-state index contributed by atoms with van der Waals surface area (Å²) in [5, 5.41) is 20.2. The Morgan fingerprint density at radius 3 is 1.28 bits per heavy atom. The van der Waals surface area contributed by atoms with Crippen molar-refractivity contribution in [3.05, 3.63) is 0 Å². The number of hydrogen-bond donors (Lipinski definition) is 2. The van der Waals surface area contributed by atoms with Gasteiger partial charge in [-0.1, -0.05) is 103 Å². The van der Waals surface area contributed by atoms with Crippen molar-refractivity contribution >= 4 is 0 Å². The fourth-order valence-electron chi connectivity index (χ4n) is 3.77.